The highest BCUT2D eigenvalue weighted by Crippen LogP contribution is 2.39. The van der Waals surface area contributed by atoms with E-state index in [2.05, 4.69) is 21.4 Å². The van der Waals surface area contributed by atoms with Gasteiger partial charge in [0.05, 0.1) is 46.2 Å². The Balaban J connectivity index is 1.74. The van der Waals surface area contributed by atoms with Crippen LogP contribution < -0.4 is 5.56 Å². The van der Waals surface area contributed by atoms with Gasteiger partial charge in [-0.05, 0) is 70.7 Å². The minimum absolute atomic E-state index is 0.00934. The van der Waals surface area contributed by atoms with Crippen LogP contribution in [0, 0.1) is 28.5 Å². The second kappa shape index (κ2) is 12.3. The fraction of sp³-hybridized carbons (Fsp3) is 0.286. The molecule has 0 bridgehead atoms. The lowest BCUT2D eigenvalue weighted by atomic mass is 9.92. The van der Waals surface area contributed by atoms with Gasteiger partial charge in [-0.15, -0.1) is 0 Å². The van der Waals surface area contributed by atoms with E-state index in [4.69, 9.17) is 9.47 Å². The maximum Gasteiger partial charge on any atom is 0.420 e. The molecule has 5 aromatic rings. The van der Waals surface area contributed by atoms with Crippen LogP contribution in [0.15, 0.2) is 53.5 Å². The van der Waals surface area contributed by atoms with E-state index >= 15 is 4.39 Å². The fourth-order valence-corrected chi connectivity index (χ4v) is 5.31. The number of fused-ring (bicyclic) bond motifs is 2. The summed E-state index contributed by atoms with van der Waals surface area (Å²) < 4.78 is 28.2. The van der Waals surface area contributed by atoms with Crippen molar-refractivity contribution < 1.29 is 23.5 Å². The number of hydrogen-bond donors (Lipinski definition) is 1. The first-order chi connectivity index (χ1) is 22.5. The SMILES string of the molecule is Cn1ncc(-c2cc(C#N)c3c(=O)[nH]nc(CN(C(=O)OC(C)(C)C)C(=O)OC(C)(C)C)c3c2)c1-c1c(F)cc2ccccc2c1C#N. The lowest BCUT2D eigenvalue weighted by Gasteiger charge is -2.28. The molecule has 244 valence electrons. The van der Waals surface area contributed by atoms with E-state index in [0.717, 1.165) is 0 Å². The molecule has 2 amide bonds. The number of nitrogens with zero attached hydrogens (tertiary/aromatic N) is 6. The van der Waals surface area contributed by atoms with Gasteiger partial charge in [-0.1, -0.05) is 24.3 Å². The molecule has 0 atom stereocenters. The number of rotatable bonds is 4. The molecular formula is C35H32FN7O5. The number of carbonyl (C=O) groups is 2. The number of nitriles is 2. The highest BCUT2D eigenvalue weighted by molar-refractivity contribution is 5.99. The van der Waals surface area contributed by atoms with Crippen LogP contribution in [0.4, 0.5) is 14.0 Å². The van der Waals surface area contributed by atoms with Gasteiger partial charge in [0.15, 0.2) is 0 Å². The molecule has 0 saturated carbocycles. The summed E-state index contributed by atoms with van der Waals surface area (Å²) in [6.45, 7) is 9.33. The van der Waals surface area contributed by atoms with E-state index in [1.165, 1.54) is 23.0 Å². The number of carbonyl (C=O) groups excluding carboxylic acids is 2. The number of imide groups is 1. The number of aryl methyl sites for hydroxylation is 1. The van der Waals surface area contributed by atoms with Crippen molar-refractivity contribution in [2.24, 2.45) is 7.05 Å². The monoisotopic (exact) mass is 649 g/mol. The molecule has 0 unspecified atom stereocenters. The zero-order valence-corrected chi connectivity index (χ0v) is 27.4. The zero-order valence-electron chi connectivity index (χ0n) is 27.4. The predicted octanol–water partition coefficient (Wildman–Crippen LogP) is 6.70. The summed E-state index contributed by atoms with van der Waals surface area (Å²) in [5, 5.41) is 32.4. The maximum absolute atomic E-state index is 15.9. The number of H-pyrrole nitrogens is 1. The van der Waals surface area contributed by atoms with Gasteiger partial charge in [-0.2, -0.15) is 20.7 Å². The fourth-order valence-electron chi connectivity index (χ4n) is 5.31. The Labute approximate surface area is 274 Å². The second-order valence-corrected chi connectivity index (χ2v) is 13.1. The number of benzene rings is 3. The third-order valence-corrected chi connectivity index (χ3v) is 7.22. The molecule has 0 saturated heterocycles. The van der Waals surface area contributed by atoms with Crippen molar-refractivity contribution in [1.82, 2.24) is 24.9 Å². The lowest BCUT2D eigenvalue weighted by molar-refractivity contribution is -0.000435. The quantitative estimate of drug-likeness (QED) is 0.223. The summed E-state index contributed by atoms with van der Waals surface area (Å²) in [6.07, 6.45) is -0.568. The topological polar surface area (TPSA) is 167 Å². The first-order valence-electron chi connectivity index (χ1n) is 14.9. The Morgan fingerprint density at radius 1 is 0.979 bits per heavy atom. The minimum Gasteiger partial charge on any atom is -0.443 e. The number of aromatic amines is 1. The summed E-state index contributed by atoms with van der Waals surface area (Å²) in [7, 11) is 1.60. The third-order valence-electron chi connectivity index (χ3n) is 7.22. The Hall–Kier alpha value is -6.08. The molecule has 13 heteroatoms. The molecule has 5 rings (SSSR count). The Bertz CT molecular complexity index is 2240. The summed E-state index contributed by atoms with van der Waals surface area (Å²) in [4.78, 5) is 40.3. The molecule has 0 fully saturated rings. The van der Waals surface area contributed by atoms with Crippen LogP contribution >= 0.6 is 0 Å². The van der Waals surface area contributed by atoms with Crippen molar-refractivity contribution >= 4 is 33.7 Å². The highest BCUT2D eigenvalue weighted by atomic mass is 19.1. The molecule has 3 aromatic carbocycles. The molecule has 0 aliphatic rings. The Morgan fingerprint density at radius 2 is 1.62 bits per heavy atom. The van der Waals surface area contributed by atoms with Crippen molar-refractivity contribution in [3.8, 4) is 34.5 Å². The van der Waals surface area contributed by atoms with Crippen LogP contribution in [0.25, 0.3) is 43.9 Å². The molecule has 0 aliphatic carbocycles. The molecule has 2 aromatic heterocycles. The summed E-state index contributed by atoms with van der Waals surface area (Å²) in [5.74, 6) is -0.652. The summed E-state index contributed by atoms with van der Waals surface area (Å²) in [5.41, 5.74) is -1.57. The van der Waals surface area contributed by atoms with Crippen molar-refractivity contribution in [2.45, 2.75) is 59.3 Å². The molecular weight excluding hydrogens is 617 g/mol. The Morgan fingerprint density at radius 3 is 2.23 bits per heavy atom. The first-order valence-corrected chi connectivity index (χ1v) is 14.9. The second-order valence-electron chi connectivity index (χ2n) is 13.1. The average Bonchev–Trinajstić information content (AvgIpc) is 3.38. The van der Waals surface area contributed by atoms with Gasteiger partial charge in [0, 0.05) is 23.4 Å². The smallest absolute Gasteiger partial charge is 0.420 e. The van der Waals surface area contributed by atoms with Crippen LogP contribution in [0.3, 0.4) is 0 Å². The van der Waals surface area contributed by atoms with E-state index in [9.17, 15) is 24.9 Å². The normalized spacial score (nSPS) is 11.6. The minimum atomic E-state index is -1.01. The average molecular weight is 650 g/mol. The third kappa shape index (κ3) is 6.44. The van der Waals surface area contributed by atoms with Gasteiger partial charge in [0.25, 0.3) is 5.56 Å². The van der Waals surface area contributed by atoms with Crippen molar-refractivity contribution in [3.05, 3.63) is 81.7 Å². The largest absolute Gasteiger partial charge is 0.443 e. The molecule has 0 spiro atoms. The van der Waals surface area contributed by atoms with Gasteiger partial charge >= 0.3 is 12.2 Å². The zero-order chi connectivity index (χ0) is 35.1. The van der Waals surface area contributed by atoms with E-state index in [1.807, 2.05) is 6.07 Å². The first kappa shape index (κ1) is 33.3. The maximum atomic E-state index is 15.9. The number of amides is 2. The molecule has 12 nitrogen and oxygen atoms in total. The van der Waals surface area contributed by atoms with Crippen LogP contribution in [0.1, 0.15) is 58.4 Å². The molecule has 2 heterocycles. The van der Waals surface area contributed by atoms with E-state index in [0.29, 0.717) is 26.8 Å². The van der Waals surface area contributed by atoms with Crippen LogP contribution in [-0.4, -0.2) is 48.3 Å². The van der Waals surface area contributed by atoms with Crippen LogP contribution in [-0.2, 0) is 23.1 Å². The number of ether oxygens (including phenoxy) is 2. The van der Waals surface area contributed by atoms with Crippen LogP contribution in [0.5, 0.6) is 0 Å². The molecule has 0 radical (unpaired) electrons. The summed E-state index contributed by atoms with van der Waals surface area (Å²) in [6, 6.07) is 15.4. The van der Waals surface area contributed by atoms with Crippen LogP contribution in [0.2, 0.25) is 0 Å². The van der Waals surface area contributed by atoms with E-state index in [1.54, 1.807) is 78.9 Å². The van der Waals surface area contributed by atoms with E-state index in [-0.39, 0.29) is 38.9 Å². The predicted molar refractivity (Wildman–Crippen MR) is 175 cm³/mol. The van der Waals surface area contributed by atoms with Crippen molar-refractivity contribution in [2.75, 3.05) is 0 Å². The molecule has 48 heavy (non-hydrogen) atoms. The standard InChI is InChI=1S/C35H32FN7O5/c1-34(2,3)47-32(45)43(33(46)48-35(4,5)6)18-27-23-13-20(12-21(15-37)28(23)31(44)41-40-27)25-17-39-42(7)30(25)29-24(16-38)22-11-9-8-10-19(22)14-26(29)36/h8-14,17H,18H2,1-7H3,(H,41,44). The van der Waals surface area contributed by atoms with Crippen molar-refractivity contribution in [1.29, 1.82) is 10.5 Å². The van der Waals surface area contributed by atoms with Gasteiger partial charge < -0.3 is 9.47 Å². The molecule has 1 N–H and O–H groups in total. The molecule has 0 aliphatic heterocycles. The van der Waals surface area contributed by atoms with Crippen molar-refractivity contribution in [3.63, 3.8) is 0 Å². The van der Waals surface area contributed by atoms with Gasteiger partial charge in [0.2, 0.25) is 0 Å². The van der Waals surface area contributed by atoms with E-state index < -0.39 is 41.3 Å². The number of hydrogen-bond acceptors (Lipinski definition) is 9. The Kier molecular flexibility index (Phi) is 8.50. The van der Waals surface area contributed by atoms with Gasteiger partial charge in [-0.25, -0.2) is 24.0 Å². The highest BCUT2D eigenvalue weighted by Gasteiger charge is 2.33. The summed E-state index contributed by atoms with van der Waals surface area (Å²) >= 11 is 0. The number of nitrogens with one attached hydrogen (secondary N) is 1. The number of aromatic nitrogens is 4. The number of halogens is 1. The van der Waals surface area contributed by atoms with Gasteiger partial charge in [-0.3, -0.25) is 9.48 Å². The lowest BCUT2D eigenvalue weighted by Crippen LogP contribution is -2.43. The van der Waals surface area contributed by atoms with Gasteiger partial charge in [0.1, 0.15) is 29.2 Å².